The second-order valence-electron chi connectivity index (χ2n) is 7.46. The van der Waals surface area contributed by atoms with Gasteiger partial charge in [-0.3, -0.25) is 4.79 Å². The molecule has 0 radical (unpaired) electrons. The minimum atomic E-state index is -0.247. The predicted molar refractivity (Wildman–Crippen MR) is 123 cm³/mol. The van der Waals surface area contributed by atoms with Crippen molar-refractivity contribution in [1.29, 1.82) is 0 Å². The molecule has 160 valence electrons. The summed E-state index contributed by atoms with van der Waals surface area (Å²) >= 11 is 0. The summed E-state index contributed by atoms with van der Waals surface area (Å²) in [7, 11) is 0. The van der Waals surface area contributed by atoms with Crippen molar-refractivity contribution >= 4 is 33.4 Å². The average Bonchev–Trinajstić information content (AvgIpc) is 3.38. The number of fused-ring (bicyclic) bond motifs is 3. The molecule has 1 N–H and O–H groups in total. The number of hydrogen-bond acceptors (Lipinski definition) is 5. The first kappa shape index (κ1) is 19.8. The highest BCUT2D eigenvalue weighted by molar-refractivity contribution is 6.11. The molecule has 0 spiro atoms. The van der Waals surface area contributed by atoms with Crippen LogP contribution < -0.4 is 10.1 Å². The summed E-state index contributed by atoms with van der Waals surface area (Å²) in [6, 6.07) is 21.4. The molecule has 7 heteroatoms. The lowest BCUT2D eigenvalue weighted by molar-refractivity contribution is 0.102. The largest absolute Gasteiger partial charge is 0.485 e. The maximum Gasteiger partial charge on any atom is 0.259 e. The van der Waals surface area contributed by atoms with Gasteiger partial charge in [-0.15, -0.1) is 0 Å². The summed E-state index contributed by atoms with van der Waals surface area (Å²) in [6.07, 6.45) is 0. The molecule has 0 aliphatic carbocycles. The van der Waals surface area contributed by atoms with Crippen molar-refractivity contribution < 1.29 is 14.1 Å². The quantitative estimate of drug-likeness (QED) is 0.396. The zero-order valence-corrected chi connectivity index (χ0v) is 17.8. The lowest BCUT2D eigenvalue weighted by Crippen LogP contribution is -2.13. The van der Waals surface area contributed by atoms with Gasteiger partial charge in [0.15, 0.2) is 6.61 Å². The second-order valence-corrected chi connectivity index (χ2v) is 7.46. The van der Waals surface area contributed by atoms with E-state index in [2.05, 4.69) is 45.1 Å². The van der Waals surface area contributed by atoms with Gasteiger partial charge in [0, 0.05) is 41.0 Å². The number of nitrogens with one attached hydrogen (secondary N) is 1. The van der Waals surface area contributed by atoms with Crippen LogP contribution in [-0.4, -0.2) is 20.6 Å². The van der Waals surface area contributed by atoms with E-state index >= 15 is 0 Å². The number of anilines is 1. The highest BCUT2D eigenvalue weighted by Gasteiger charge is 2.15. The van der Waals surface area contributed by atoms with Crippen molar-refractivity contribution in [3.8, 4) is 5.75 Å². The first-order valence-corrected chi connectivity index (χ1v) is 10.5. The Kier molecular flexibility index (Phi) is 5.07. The molecule has 5 rings (SSSR count). The van der Waals surface area contributed by atoms with E-state index in [0.717, 1.165) is 23.1 Å². The Balaban J connectivity index is 1.42. The summed E-state index contributed by atoms with van der Waals surface area (Å²) in [5.74, 6) is 1.10. The molecule has 0 fully saturated rings. The monoisotopic (exact) mass is 426 g/mol. The molecule has 0 aliphatic rings. The fraction of sp³-hybridized carbons (Fsp3) is 0.160. The van der Waals surface area contributed by atoms with Crippen LogP contribution in [0, 0.1) is 6.92 Å². The molecule has 5 aromatic rings. The van der Waals surface area contributed by atoms with Gasteiger partial charge in [-0.25, -0.2) is 0 Å². The van der Waals surface area contributed by atoms with E-state index in [1.807, 2.05) is 30.3 Å². The number of aryl methyl sites for hydroxylation is 2. The van der Waals surface area contributed by atoms with Gasteiger partial charge in [-0.05, 0) is 43.3 Å². The third kappa shape index (κ3) is 3.58. The van der Waals surface area contributed by atoms with Crippen LogP contribution in [0.25, 0.3) is 21.8 Å². The van der Waals surface area contributed by atoms with Gasteiger partial charge in [0.2, 0.25) is 11.7 Å². The Morgan fingerprint density at radius 2 is 1.81 bits per heavy atom. The number of rotatable bonds is 6. The summed E-state index contributed by atoms with van der Waals surface area (Å²) in [5.41, 5.74) is 3.49. The number of carbonyl (C=O) groups is 1. The molecule has 7 nitrogen and oxygen atoms in total. The Labute approximate surface area is 184 Å². The molecule has 3 aromatic carbocycles. The number of para-hydroxylation sites is 2. The fourth-order valence-electron chi connectivity index (χ4n) is 3.99. The molecular formula is C25H22N4O3. The number of nitrogens with zero attached hydrogens (tertiary/aromatic N) is 3. The summed E-state index contributed by atoms with van der Waals surface area (Å²) in [4.78, 5) is 17.2. The zero-order valence-electron chi connectivity index (χ0n) is 17.8. The van der Waals surface area contributed by atoms with E-state index in [9.17, 15) is 4.79 Å². The topological polar surface area (TPSA) is 82.2 Å². The molecule has 32 heavy (non-hydrogen) atoms. The number of hydrogen-bond donors (Lipinski definition) is 1. The standard InChI is InChI=1S/C25H22N4O3/c1-3-29-21-10-6-4-8-18(21)20-14-17(12-13-22(20)29)27-25(30)19-9-5-7-11-23(19)31-15-24-26-16(2)32-28-24/h4-14H,3,15H2,1-2H3,(H,27,30). The first-order chi connectivity index (χ1) is 15.6. The minimum Gasteiger partial charge on any atom is -0.485 e. The van der Waals surface area contributed by atoms with Crippen molar-refractivity contribution in [2.24, 2.45) is 0 Å². The van der Waals surface area contributed by atoms with E-state index in [4.69, 9.17) is 9.26 Å². The molecule has 1 amide bonds. The smallest absolute Gasteiger partial charge is 0.259 e. The lowest BCUT2D eigenvalue weighted by Gasteiger charge is -2.11. The average molecular weight is 426 g/mol. The van der Waals surface area contributed by atoms with Gasteiger partial charge >= 0.3 is 0 Å². The maximum atomic E-state index is 13.1. The number of ether oxygens (including phenoxy) is 1. The van der Waals surface area contributed by atoms with Crippen molar-refractivity contribution in [2.45, 2.75) is 27.0 Å². The van der Waals surface area contributed by atoms with Crippen LogP contribution in [0.3, 0.4) is 0 Å². The van der Waals surface area contributed by atoms with Gasteiger partial charge in [0.25, 0.3) is 5.91 Å². The van der Waals surface area contributed by atoms with E-state index in [1.54, 1.807) is 25.1 Å². The van der Waals surface area contributed by atoms with Gasteiger partial charge < -0.3 is 19.1 Å². The molecule has 0 bridgehead atoms. The van der Waals surface area contributed by atoms with Crippen LogP contribution in [0.4, 0.5) is 5.69 Å². The van der Waals surface area contributed by atoms with Crippen molar-refractivity contribution in [1.82, 2.24) is 14.7 Å². The molecule has 0 atom stereocenters. The van der Waals surface area contributed by atoms with Crippen molar-refractivity contribution in [3.05, 3.63) is 84.0 Å². The maximum absolute atomic E-state index is 13.1. The number of amides is 1. The zero-order chi connectivity index (χ0) is 22.1. The summed E-state index contributed by atoms with van der Waals surface area (Å²) in [5, 5.41) is 9.10. The molecule has 2 aromatic heterocycles. The van der Waals surface area contributed by atoms with Crippen LogP contribution in [-0.2, 0) is 13.2 Å². The minimum absolute atomic E-state index is 0.115. The van der Waals surface area contributed by atoms with Gasteiger partial charge in [0.1, 0.15) is 5.75 Å². The van der Waals surface area contributed by atoms with Crippen molar-refractivity contribution in [3.63, 3.8) is 0 Å². The van der Waals surface area contributed by atoms with Crippen LogP contribution in [0.5, 0.6) is 5.75 Å². The molecule has 0 unspecified atom stereocenters. The fourth-order valence-corrected chi connectivity index (χ4v) is 3.99. The Bertz CT molecular complexity index is 1430. The first-order valence-electron chi connectivity index (χ1n) is 10.5. The van der Waals surface area contributed by atoms with Crippen LogP contribution in [0.2, 0.25) is 0 Å². The molecular weight excluding hydrogens is 404 g/mol. The van der Waals surface area contributed by atoms with Gasteiger partial charge in [-0.1, -0.05) is 35.5 Å². The molecule has 0 aliphatic heterocycles. The number of benzene rings is 3. The molecule has 2 heterocycles. The molecule has 0 saturated heterocycles. The van der Waals surface area contributed by atoms with Gasteiger partial charge in [0.05, 0.1) is 5.56 Å². The van der Waals surface area contributed by atoms with Crippen LogP contribution in [0.1, 0.15) is 29.0 Å². The summed E-state index contributed by atoms with van der Waals surface area (Å²) < 4.78 is 13.0. The van der Waals surface area contributed by atoms with E-state index in [-0.39, 0.29) is 12.5 Å². The van der Waals surface area contributed by atoms with E-state index in [0.29, 0.717) is 23.0 Å². The lowest BCUT2D eigenvalue weighted by atomic mass is 10.1. The molecule has 0 saturated carbocycles. The normalized spacial score (nSPS) is 11.2. The van der Waals surface area contributed by atoms with Gasteiger partial charge in [-0.2, -0.15) is 4.98 Å². The highest BCUT2D eigenvalue weighted by atomic mass is 16.5. The number of carbonyl (C=O) groups excluding carboxylic acids is 1. The SMILES string of the molecule is CCn1c2ccccc2c2cc(NC(=O)c3ccccc3OCc3noc(C)n3)ccc21. The number of aromatic nitrogens is 3. The highest BCUT2D eigenvalue weighted by Crippen LogP contribution is 2.31. The van der Waals surface area contributed by atoms with Crippen LogP contribution in [0.15, 0.2) is 71.3 Å². The Hall–Kier alpha value is -4.13. The van der Waals surface area contributed by atoms with Crippen LogP contribution >= 0.6 is 0 Å². The Morgan fingerprint density at radius 3 is 2.62 bits per heavy atom. The third-order valence-electron chi connectivity index (χ3n) is 5.40. The second kappa shape index (κ2) is 8.19. The van der Waals surface area contributed by atoms with Crippen molar-refractivity contribution in [2.75, 3.05) is 5.32 Å². The van der Waals surface area contributed by atoms with E-state index < -0.39 is 0 Å². The summed E-state index contributed by atoms with van der Waals surface area (Å²) in [6.45, 7) is 4.84. The third-order valence-corrected chi connectivity index (χ3v) is 5.40. The predicted octanol–water partition coefficient (Wildman–Crippen LogP) is 5.34. The Morgan fingerprint density at radius 1 is 1.03 bits per heavy atom. The van der Waals surface area contributed by atoms with E-state index in [1.165, 1.54) is 10.9 Å².